The van der Waals surface area contributed by atoms with Gasteiger partial charge in [-0.2, -0.15) is 0 Å². The fourth-order valence-corrected chi connectivity index (χ4v) is 3.31. The number of hydrogen-bond donors (Lipinski definition) is 2. The number of nitrogens with one attached hydrogen (secondary N) is 1. The lowest BCUT2D eigenvalue weighted by atomic mass is 10.0. The molecule has 0 spiro atoms. The summed E-state index contributed by atoms with van der Waals surface area (Å²) in [6.45, 7) is 1.82. The molecule has 2 heterocycles. The largest absolute Gasteiger partial charge is 0.494 e. The third-order valence-corrected chi connectivity index (χ3v) is 4.69. The normalized spacial score (nSPS) is 14.3. The Hall–Kier alpha value is -3.38. The number of aromatic hydroxyl groups is 1. The van der Waals surface area contributed by atoms with E-state index < -0.39 is 17.1 Å². The molecule has 0 aliphatic carbocycles. The van der Waals surface area contributed by atoms with Crippen LogP contribution in [0.1, 0.15) is 18.1 Å². The first-order valence-corrected chi connectivity index (χ1v) is 8.55. The predicted octanol–water partition coefficient (Wildman–Crippen LogP) is 3.53. The van der Waals surface area contributed by atoms with Crippen molar-refractivity contribution in [2.45, 2.75) is 6.92 Å². The van der Waals surface area contributed by atoms with Crippen molar-refractivity contribution in [3.05, 3.63) is 85.5 Å². The van der Waals surface area contributed by atoms with Crippen LogP contribution < -0.4 is 11.2 Å². The van der Waals surface area contributed by atoms with Gasteiger partial charge in [-0.15, -0.1) is 0 Å². The minimum absolute atomic E-state index is 0.0456. The van der Waals surface area contributed by atoms with Gasteiger partial charge in [0.1, 0.15) is 5.56 Å². The Kier molecular flexibility index (Phi) is 4.05. The highest BCUT2D eigenvalue weighted by atomic mass is 35.5. The summed E-state index contributed by atoms with van der Waals surface area (Å²) in [7, 11) is 0. The number of hydrogen-bond acceptors (Lipinski definition) is 4. The summed E-state index contributed by atoms with van der Waals surface area (Å²) >= 11 is 6.16. The van der Waals surface area contributed by atoms with Gasteiger partial charge >= 0.3 is 5.69 Å². The molecule has 3 aromatic rings. The van der Waals surface area contributed by atoms with Gasteiger partial charge in [0.2, 0.25) is 5.88 Å². The average Bonchev–Trinajstić information content (AvgIpc) is 2.95. The minimum atomic E-state index is -0.773. The summed E-state index contributed by atoms with van der Waals surface area (Å²) in [6, 6.07) is 14.1. The quantitative estimate of drug-likeness (QED) is 0.714. The van der Waals surface area contributed by atoms with E-state index in [0.717, 1.165) is 15.8 Å². The molecule has 2 aromatic carbocycles. The molecular formula is C20H14ClN3O3. The molecule has 27 heavy (non-hydrogen) atoms. The molecule has 134 valence electrons. The van der Waals surface area contributed by atoms with Gasteiger partial charge in [-0.25, -0.2) is 9.36 Å². The number of rotatable bonds is 2. The molecule has 1 aliphatic rings. The van der Waals surface area contributed by atoms with E-state index in [4.69, 9.17) is 11.6 Å². The van der Waals surface area contributed by atoms with Crippen LogP contribution in [0.5, 0.6) is 5.88 Å². The minimum Gasteiger partial charge on any atom is -0.494 e. The fraction of sp³-hybridized carbons (Fsp3) is 0.0500. The molecule has 0 unspecified atom stereocenters. The van der Waals surface area contributed by atoms with Crippen LogP contribution >= 0.6 is 11.6 Å². The van der Waals surface area contributed by atoms with Crippen LogP contribution in [0.3, 0.4) is 0 Å². The molecule has 6 nitrogen and oxygen atoms in total. The van der Waals surface area contributed by atoms with E-state index in [1.165, 1.54) is 6.08 Å². The van der Waals surface area contributed by atoms with Gasteiger partial charge in [-0.05, 0) is 31.2 Å². The number of benzene rings is 2. The molecule has 0 bridgehead atoms. The van der Waals surface area contributed by atoms with E-state index in [-0.39, 0.29) is 16.3 Å². The molecule has 4 rings (SSSR count). The first-order valence-electron chi connectivity index (χ1n) is 8.17. The standard InChI is InChI=1S/C20H14ClN3O3/c1-11-13(12-6-2-4-8-16(12)22-11)10-14-18(25)23-20(27)24(19(14)26)17-9-5-3-7-15(17)21/h2-10,26H,1H3,(H,23,25,27)/b13-10-. The number of nitrogens with zero attached hydrogens (tertiary/aromatic N) is 2. The van der Waals surface area contributed by atoms with Crippen LogP contribution in [0.4, 0.5) is 5.69 Å². The molecule has 2 N–H and O–H groups in total. The Balaban J connectivity index is 1.98. The zero-order valence-corrected chi connectivity index (χ0v) is 15.0. The van der Waals surface area contributed by atoms with Crippen molar-refractivity contribution < 1.29 is 5.11 Å². The van der Waals surface area contributed by atoms with E-state index in [9.17, 15) is 14.7 Å². The number of para-hydroxylation sites is 2. The lowest BCUT2D eigenvalue weighted by molar-refractivity contribution is 0.429. The van der Waals surface area contributed by atoms with Crippen LogP contribution in [0.25, 0.3) is 17.3 Å². The molecule has 7 heteroatoms. The lowest BCUT2D eigenvalue weighted by Crippen LogP contribution is -2.30. The monoisotopic (exact) mass is 379 g/mol. The highest BCUT2D eigenvalue weighted by Gasteiger charge is 2.21. The van der Waals surface area contributed by atoms with Crippen LogP contribution in [-0.2, 0) is 0 Å². The summed E-state index contributed by atoms with van der Waals surface area (Å²) in [4.78, 5) is 31.4. The highest BCUT2D eigenvalue weighted by molar-refractivity contribution is 6.32. The van der Waals surface area contributed by atoms with Gasteiger partial charge < -0.3 is 5.11 Å². The van der Waals surface area contributed by atoms with Crippen molar-refractivity contribution in [3.8, 4) is 11.6 Å². The second-order valence-electron chi connectivity index (χ2n) is 6.06. The zero-order valence-electron chi connectivity index (χ0n) is 14.2. The van der Waals surface area contributed by atoms with Gasteiger partial charge in [0.15, 0.2) is 0 Å². The van der Waals surface area contributed by atoms with Crippen molar-refractivity contribution >= 4 is 34.6 Å². The van der Waals surface area contributed by atoms with E-state index in [1.54, 1.807) is 24.3 Å². The Morgan fingerprint density at radius 2 is 1.81 bits per heavy atom. The Bertz CT molecular complexity index is 1250. The van der Waals surface area contributed by atoms with Crippen LogP contribution in [0.15, 0.2) is 63.1 Å². The van der Waals surface area contributed by atoms with Crippen LogP contribution in [0, 0.1) is 0 Å². The van der Waals surface area contributed by atoms with Gasteiger partial charge in [-0.3, -0.25) is 14.8 Å². The SMILES string of the molecule is CC1=Nc2ccccc2/C1=C\c1c(O)n(-c2ccccc2Cl)c(=O)[nH]c1=O. The van der Waals surface area contributed by atoms with Gasteiger partial charge in [0.05, 0.1) is 16.4 Å². The number of aromatic nitrogens is 2. The third kappa shape index (κ3) is 2.80. The van der Waals surface area contributed by atoms with Crippen LogP contribution in [0.2, 0.25) is 5.02 Å². The summed E-state index contributed by atoms with van der Waals surface area (Å²) in [5.74, 6) is -0.485. The highest BCUT2D eigenvalue weighted by Crippen LogP contribution is 2.36. The number of fused-ring (bicyclic) bond motifs is 1. The van der Waals surface area contributed by atoms with Gasteiger partial charge in [-0.1, -0.05) is 41.9 Å². The first kappa shape index (κ1) is 17.1. The molecular weight excluding hydrogens is 366 g/mol. The molecule has 0 atom stereocenters. The van der Waals surface area contributed by atoms with E-state index in [0.29, 0.717) is 11.3 Å². The lowest BCUT2D eigenvalue weighted by Gasteiger charge is -2.11. The summed E-state index contributed by atoms with van der Waals surface area (Å²) in [6.07, 6.45) is 1.53. The number of aromatic amines is 1. The fourth-order valence-electron chi connectivity index (χ4n) is 3.09. The smallest absolute Gasteiger partial charge is 0.335 e. The van der Waals surface area contributed by atoms with Gasteiger partial charge in [0, 0.05) is 16.8 Å². The van der Waals surface area contributed by atoms with E-state index >= 15 is 0 Å². The summed E-state index contributed by atoms with van der Waals surface area (Å²) < 4.78 is 0.976. The topological polar surface area (TPSA) is 87.4 Å². The Labute approximate surface area is 158 Å². The second kappa shape index (κ2) is 6.41. The first-order chi connectivity index (χ1) is 13.0. The number of halogens is 1. The van der Waals surface area contributed by atoms with Crippen molar-refractivity contribution in [2.24, 2.45) is 4.99 Å². The maximum absolute atomic E-state index is 12.4. The summed E-state index contributed by atoms with van der Waals surface area (Å²) in [5, 5.41) is 11.0. The van der Waals surface area contributed by atoms with Crippen molar-refractivity contribution in [1.82, 2.24) is 9.55 Å². The molecule has 1 aliphatic heterocycles. The molecule has 0 saturated carbocycles. The van der Waals surface area contributed by atoms with Crippen molar-refractivity contribution in [3.63, 3.8) is 0 Å². The average molecular weight is 380 g/mol. The number of H-pyrrole nitrogens is 1. The molecule has 0 fully saturated rings. The molecule has 0 saturated heterocycles. The third-order valence-electron chi connectivity index (χ3n) is 4.38. The van der Waals surface area contributed by atoms with Crippen molar-refractivity contribution in [1.29, 1.82) is 0 Å². The summed E-state index contributed by atoms with van der Waals surface area (Å²) in [5.41, 5.74) is 1.82. The number of allylic oxidation sites excluding steroid dienone is 1. The molecule has 0 amide bonds. The maximum atomic E-state index is 12.4. The number of aliphatic imine (C=N–C) groups is 1. The molecule has 1 aromatic heterocycles. The Morgan fingerprint density at radius 3 is 2.59 bits per heavy atom. The maximum Gasteiger partial charge on any atom is 0.335 e. The van der Waals surface area contributed by atoms with Crippen LogP contribution in [-0.4, -0.2) is 20.4 Å². The van der Waals surface area contributed by atoms with E-state index in [1.807, 2.05) is 31.2 Å². The second-order valence-corrected chi connectivity index (χ2v) is 6.46. The van der Waals surface area contributed by atoms with Gasteiger partial charge in [0.25, 0.3) is 5.56 Å². The predicted molar refractivity (Wildman–Crippen MR) is 106 cm³/mol. The molecule has 0 radical (unpaired) electrons. The zero-order chi connectivity index (χ0) is 19.1. The van der Waals surface area contributed by atoms with E-state index in [2.05, 4.69) is 9.98 Å². The van der Waals surface area contributed by atoms with Crippen molar-refractivity contribution in [2.75, 3.05) is 0 Å². The Morgan fingerprint density at radius 1 is 1.11 bits per heavy atom.